The number of nitrogens with one attached hydrogen (secondary N) is 1. The third-order valence-corrected chi connectivity index (χ3v) is 4.41. The van der Waals surface area contributed by atoms with E-state index in [2.05, 4.69) is 22.5 Å². The van der Waals surface area contributed by atoms with Gasteiger partial charge in [0.1, 0.15) is 5.15 Å². The summed E-state index contributed by atoms with van der Waals surface area (Å²) in [5.74, 6) is -0.169. The number of carbonyl (C=O) groups is 1. The van der Waals surface area contributed by atoms with E-state index in [0.29, 0.717) is 5.15 Å². The summed E-state index contributed by atoms with van der Waals surface area (Å²) >= 11 is 6.14. The van der Waals surface area contributed by atoms with Crippen LogP contribution in [0.15, 0.2) is 24.3 Å². The van der Waals surface area contributed by atoms with Crippen LogP contribution in [0.3, 0.4) is 0 Å². The van der Waals surface area contributed by atoms with Crippen molar-refractivity contribution in [3.8, 4) is 0 Å². The fourth-order valence-electron chi connectivity index (χ4n) is 2.83. The fourth-order valence-corrected chi connectivity index (χ4v) is 3.07. The minimum absolute atomic E-state index is 0.169. The van der Waals surface area contributed by atoms with Gasteiger partial charge in [-0.2, -0.15) is 5.10 Å². The molecule has 2 aromatic rings. The average molecular weight is 316 g/mol. The van der Waals surface area contributed by atoms with Gasteiger partial charge < -0.3 is 5.32 Å². The predicted molar refractivity (Wildman–Crippen MR) is 89.1 cm³/mol. The number of aromatic nitrogens is 2. The highest BCUT2D eigenvalue weighted by molar-refractivity contribution is 6.31. The third-order valence-electron chi connectivity index (χ3n) is 3.96. The zero-order valence-electron chi connectivity index (χ0n) is 12.7. The number of amides is 1. The molecular formula is C17H18ClN3O. The van der Waals surface area contributed by atoms with E-state index in [1.165, 1.54) is 23.6 Å². The van der Waals surface area contributed by atoms with Crippen molar-refractivity contribution in [2.45, 2.75) is 26.2 Å². The molecular weight excluding hydrogens is 298 g/mol. The Bertz CT molecular complexity index is 762. The minimum atomic E-state index is -0.169. The summed E-state index contributed by atoms with van der Waals surface area (Å²) in [5, 5.41) is 7.63. The van der Waals surface area contributed by atoms with Gasteiger partial charge >= 0.3 is 0 Å². The van der Waals surface area contributed by atoms with E-state index in [1.807, 2.05) is 13.0 Å². The molecule has 1 aromatic heterocycles. The Hall–Kier alpha value is -2.07. The molecule has 0 fully saturated rings. The van der Waals surface area contributed by atoms with Crippen LogP contribution in [0.1, 0.15) is 28.8 Å². The van der Waals surface area contributed by atoms with Crippen molar-refractivity contribution < 1.29 is 4.79 Å². The zero-order chi connectivity index (χ0) is 15.7. The molecule has 1 aromatic carbocycles. The topological polar surface area (TPSA) is 46.9 Å². The SMILES string of the molecule is Cc1nn(C)c(Cl)c1/C=C/C(=O)Nc1ccc2c(c1)CCC2. The first kappa shape index (κ1) is 14.9. The van der Waals surface area contributed by atoms with Crippen molar-refractivity contribution in [1.29, 1.82) is 0 Å². The van der Waals surface area contributed by atoms with E-state index in [9.17, 15) is 4.79 Å². The Labute approximate surface area is 134 Å². The van der Waals surface area contributed by atoms with E-state index < -0.39 is 0 Å². The largest absolute Gasteiger partial charge is 0.323 e. The molecule has 114 valence electrons. The van der Waals surface area contributed by atoms with Crippen LogP contribution in [-0.2, 0) is 24.7 Å². The lowest BCUT2D eigenvalue weighted by Gasteiger charge is -2.05. The molecule has 5 heteroatoms. The number of hydrogen-bond acceptors (Lipinski definition) is 2. The summed E-state index contributed by atoms with van der Waals surface area (Å²) in [6.45, 7) is 1.87. The molecule has 0 bridgehead atoms. The molecule has 1 heterocycles. The second kappa shape index (κ2) is 5.97. The Morgan fingerprint density at radius 3 is 2.86 bits per heavy atom. The second-order valence-corrected chi connectivity index (χ2v) is 5.93. The van der Waals surface area contributed by atoms with Gasteiger partial charge in [0.15, 0.2) is 0 Å². The molecule has 1 N–H and O–H groups in total. The van der Waals surface area contributed by atoms with Gasteiger partial charge in [-0.1, -0.05) is 17.7 Å². The maximum atomic E-state index is 12.0. The van der Waals surface area contributed by atoms with Gasteiger partial charge in [-0.25, -0.2) is 0 Å². The molecule has 0 atom stereocenters. The second-order valence-electron chi connectivity index (χ2n) is 5.57. The van der Waals surface area contributed by atoms with Gasteiger partial charge in [-0.05, 0) is 55.5 Å². The summed E-state index contributed by atoms with van der Waals surface area (Å²) in [7, 11) is 1.78. The van der Waals surface area contributed by atoms with Crippen LogP contribution >= 0.6 is 11.6 Å². The van der Waals surface area contributed by atoms with E-state index in [4.69, 9.17) is 11.6 Å². The van der Waals surface area contributed by atoms with Gasteiger partial charge in [0.2, 0.25) is 5.91 Å². The lowest BCUT2D eigenvalue weighted by Crippen LogP contribution is -2.08. The van der Waals surface area contributed by atoms with Crippen LogP contribution < -0.4 is 5.32 Å². The van der Waals surface area contributed by atoms with Crippen molar-refractivity contribution in [2.24, 2.45) is 7.05 Å². The van der Waals surface area contributed by atoms with E-state index in [0.717, 1.165) is 29.8 Å². The molecule has 1 aliphatic rings. The predicted octanol–water partition coefficient (Wildman–Crippen LogP) is 3.52. The lowest BCUT2D eigenvalue weighted by molar-refractivity contribution is -0.111. The van der Waals surface area contributed by atoms with Gasteiger partial charge in [0.05, 0.1) is 5.69 Å². The van der Waals surface area contributed by atoms with Crippen LogP contribution in [0.5, 0.6) is 0 Å². The van der Waals surface area contributed by atoms with Crippen molar-refractivity contribution >= 4 is 29.3 Å². The molecule has 0 aliphatic heterocycles. The van der Waals surface area contributed by atoms with Crippen LogP contribution in [0.4, 0.5) is 5.69 Å². The third kappa shape index (κ3) is 2.92. The van der Waals surface area contributed by atoms with Gasteiger partial charge in [0, 0.05) is 24.4 Å². The molecule has 1 amide bonds. The molecule has 0 spiro atoms. The average Bonchev–Trinajstić information content (AvgIpc) is 3.02. The maximum Gasteiger partial charge on any atom is 0.248 e. The highest BCUT2D eigenvalue weighted by Crippen LogP contribution is 2.25. The molecule has 3 rings (SSSR count). The Kier molecular flexibility index (Phi) is 4.03. The van der Waals surface area contributed by atoms with Crippen molar-refractivity contribution in [1.82, 2.24) is 9.78 Å². The van der Waals surface area contributed by atoms with Gasteiger partial charge in [-0.3, -0.25) is 9.48 Å². The summed E-state index contributed by atoms with van der Waals surface area (Å²) in [5.41, 5.74) is 5.14. The van der Waals surface area contributed by atoms with Crippen LogP contribution in [0, 0.1) is 6.92 Å². The molecule has 4 nitrogen and oxygen atoms in total. The number of nitrogens with zero attached hydrogens (tertiary/aromatic N) is 2. The van der Waals surface area contributed by atoms with Crippen molar-refractivity contribution in [3.63, 3.8) is 0 Å². The minimum Gasteiger partial charge on any atom is -0.323 e. The number of carbonyl (C=O) groups excluding carboxylic acids is 1. The van der Waals surface area contributed by atoms with Crippen LogP contribution in [0.2, 0.25) is 5.15 Å². The fraction of sp³-hybridized carbons (Fsp3) is 0.294. The molecule has 1 aliphatic carbocycles. The number of benzene rings is 1. The Morgan fingerprint density at radius 1 is 1.36 bits per heavy atom. The summed E-state index contributed by atoms with van der Waals surface area (Å²) < 4.78 is 1.59. The smallest absolute Gasteiger partial charge is 0.248 e. The zero-order valence-corrected chi connectivity index (χ0v) is 13.4. The Morgan fingerprint density at radius 2 is 2.14 bits per heavy atom. The van der Waals surface area contributed by atoms with Crippen molar-refractivity contribution in [3.05, 3.63) is 51.8 Å². The lowest BCUT2D eigenvalue weighted by atomic mass is 10.1. The summed E-state index contributed by atoms with van der Waals surface area (Å²) in [4.78, 5) is 12.0. The molecule has 22 heavy (non-hydrogen) atoms. The summed E-state index contributed by atoms with van der Waals surface area (Å²) in [6, 6.07) is 6.12. The summed E-state index contributed by atoms with van der Waals surface area (Å²) in [6.07, 6.45) is 6.63. The number of halogens is 1. The maximum absolute atomic E-state index is 12.0. The number of aryl methyl sites for hydroxylation is 4. The van der Waals surface area contributed by atoms with E-state index >= 15 is 0 Å². The first-order chi connectivity index (χ1) is 10.5. The normalized spacial score (nSPS) is 13.6. The van der Waals surface area contributed by atoms with Gasteiger partial charge in [0.25, 0.3) is 0 Å². The van der Waals surface area contributed by atoms with Crippen LogP contribution in [-0.4, -0.2) is 15.7 Å². The van der Waals surface area contributed by atoms with Gasteiger partial charge in [-0.15, -0.1) is 0 Å². The first-order valence-electron chi connectivity index (χ1n) is 7.34. The first-order valence-corrected chi connectivity index (χ1v) is 7.72. The van der Waals surface area contributed by atoms with E-state index in [-0.39, 0.29) is 5.91 Å². The molecule has 0 saturated carbocycles. The van der Waals surface area contributed by atoms with Crippen molar-refractivity contribution in [2.75, 3.05) is 5.32 Å². The number of anilines is 1. The molecule has 0 unspecified atom stereocenters. The quantitative estimate of drug-likeness (QED) is 0.881. The number of hydrogen-bond donors (Lipinski definition) is 1. The Balaban J connectivity index is 1.71. The molecule has 0 radical (unpaired) electrons. The van der Waals surface area contributed by atoms with E-state index in [1.54, 1.807) is 17.8 Å². The number of rotatable bonds is 3. The monoisotopic (exact) mass is 315 g/mol. The van der Waals surface area contributed by atoms with Crippen LogP contribution in [0.25, 0.3) is 6.08 Å². The standard InChI is InChI=1S/C17H18ClN3O/c1-11-15(17(18)21(2)20-11)8-9-16(22)19-14-7-6-12-4-3-5-13(12)10-14/h6-10H,3-5H2,1-2H3,(H,19,22)/b9-8+. The number of fused-ring (bicyclic) bond motifs is 1. The highest BCUT2D eigenvalue weighted by Gasteiger charge is 2.12. The molecule has 0 saturated heterocycles. The highest BCUT2D eigenvalue weighted by atomic mass is 35.5.